The third-order valence-corrected chi connectivity index (χ3v) is 19.5. The van der Waals surface area contributed by atoms with Crippen molar-refractivity contribution in [3.05, 3.63) is 0 Å². The molecule has 0 aliphatic heterocycles. The number of rotatable bonds is 15. The summed E-state index contributed by atoms with van der Waals surface area (Å²) in [7, 11) is -14.1. The number of nitrogens with zero attached hydrogens (tertiary/aromatic N) is 1. The van der Waals surface area contributed by atoms with Crippen molar-refractivity contribution in [2.75, 3.05) is 31.3 Å². The number of aliphatic hydroxyl groups excluding tert-OH is 2. The summed E-state index contributed by atoms with van der Waals surface area (Å²) in [5, 5.41) is 19.7. The standard InChI is InChI=1S/C17H34F6NO6PS2/c1-4-7-10-31(11-8-5-2,12-9-6-3,14-15(26)13-25)24(32(27,28)16(18,19)20)33(29,30)17(21,22)23/h15,25-26H,4-14H2,1-3H3. The van der Waals surface area contributed by atoms with E-state index < -0.39 is 78.7 Å². The first kappa shape index (κ1) is 32.8. The Morgan fingerprint density at radius 3 is 1.27 bits per heavy atom. The molecule has 0 aliphatic rings. The van der Waals surface area contributed by atoms with Gasteiger partial charge in [-0.3, -0.25) is 0 Å². The van der Waals surface area contributed by atoms with Crippen LogP contribution in [0.1, 0.15) is 59.3 Å². The fraction of sp³-hybridized carbons (Fsp3) is 1.00. The van der Waals surface area contributed by atoms with Gasteiger partial charge >= 0.3 is 191 Å². The Hall–Kier alpha value is -0.210. The van der Waals surface area contributed by atoms with E-state index in [4.69, 9.17) is 0 Å². The van der Waals surface area contributed by atoms with Gasteiger partial charge in [-0.2, -0.15) is 0 Å². The molecule has 33 heavy (non-hydrogen) atoms. The van der Waals surface area contributed by atoms with Crippen molar-refractivity contribution in [2.24, 2.45) is 0 Å². The Morgan fingerprint density at radius 1 is 0.758 bits per heavy atom. The van der Waals surface area contributed by atoms with Crippen LogP contribution in [0, 0.1) is 0 Å². The molecule has 2 N–H and O–H groups in total. The summed E-state index contributed by atoms with van der Waals surface area (Å²) in [6.07, 6.45) is -4.15. The second-order valence-electron chi connectivity index (χ2n) is 8.24. The number of halogens is 6. The normalized spacial score (nSPS) is 16.5. The second-order valence-corrected chi connectivity index (χ2v) is 18.5. The molecule has 7 nitrogen and oxygen atoms in total. The molecule has 1 unspecified atom stereocenters. The number of unbranched alkanes of at least 4 members (excludes halogenated alkanes) is 3. The first-order valence-corrected chi connectivity index (χ1v) is 16.4. The zero-order valence-corrected chi connectivity index (χ0v) is 21.4. The fourth-order valence-electron chi connectivity index (χ4n) is 4.13. The summed E-state index contributed by atoms with van der Waals surface area (Å²) < 4.78 is 132. The maximum atomic E-state index is 13.7. The molecule has 0 amide bonds. The molecule has 16 heteroatoms. The first-order valence-electron chi connectivity index (χ1n) is 10.6. The van der Waals surface area contributed by atoms with E-state index >= 15 is 0 Å². The molecular formula is C17H34F6NO6PS2. The summed E-state index contributed by atoms with van der Waals surface area (Å²) in [4.78, 5) is 0. The number of sulfonamides is 2. The summed E-state index contributed by atoms with van der Waals surface area (Å²) in [5.41, 5.74) is -12.7. The van der Waals surface area contributed by atoms with Crippen LogP contribution in [0.4, 0.5) is 26.3 Å². The van der Waals surface area contributed by atoms with Crippen LogP contribution in [0.5, 0.6) is 0 Å². The third-order valence-electron chi connectivity index (χ3n) is 5.61. The number of alkyl halides is 6. The molecular weight excluding hydrogens is 523 g/mol. The van der Waals surface area contributed by atoms with E-state index in [1.54, 1.807) is 20.8 Å². The van der Waals surface area contributed by atoms with Gasteiger partial charge in [0.1, 0.15) is 0 Å². The minimum atomic E-state index is -7.05. The molecule has 0 spiro atoms. The van der Waals surface area contributed by atoms with Gasteiger partial charge in [0, 0.05) is 0 Å². The van der Waals surface area contributed by atoms with Crippen LogP contribution in [-0.4, -0.2) is 78.9 Å². The van der Waals surface area contributed by atoms with Gasteiger partial charge in [0.05, 0.1) is 0 Å². The molecule has 0 heterocycles. The summed E-state index contributed by atoms with van der Waals surface area (Å²) >= 11 is 0. The molecule has 0 fully saturated rings. The van der Waals surface area contributed by atoms with Crippen molar-refractivity contribution >= 4 is 26.8 Å². The molecule has 1 atom stereocenters. The number of hydrogen-bond acceptors (Lipinski definition) is 6. The molecule has 202 valence electrons. The van der Waals surface area contributed by atoms with Crippen LogP contribution in [0.2, 0.25) is 0 Å². The van der Waals surface area contributed by atoms with Crippen molar-refractivity contribution < 1.29 is 53.4 Å². The molecule has 0 saturated carbocycles. The SMILES string of the molecule is CCCCP(CCCC)(CCCC)(CC(O)CO)N(S(=O)(=O)C(F)(F)F)S(=O)(=O)C(F)(F)F. The topological polar surface area (TPSA) is 112 Å². The molecule has 0 saturated heterocycles. The Bertz CT molecular complexity index is 763. The average Bonchev–Trinajstić information content (AvgIpc) is 2.67. The molecule has 0 radical (unpaired) electrons. The van der Waals surface area contributed by atoms with E-state index in [9.17, 15) is 53.4 Å². The van der Waals surface area contributed by atoms with Gasteiger partial charge < -0.3 is 0 Å². The Labute approximate surface area is 191 Å². The summed E-state index contributed by atoms with van der Waals surface area (Å²) in [6, 6.07) is 0. The third kappa shape index (κ3) is 6.93. The predicted octanol–water partition coefficient (Wildman–Crippen LogP) is 4.21. The molecule has 0 bridgehead atoms. The van der Waals surface area contributed by atoms with E-state index in [-0.39, 0.29) is 38.5 Å². The predicted molar refractivity (Wildman–Crippen MR) is 116 cm³/mol. The quantitative estimate of drug-likeness (QED) is 0.231. The van der Waals surface area contributed by atoms with Gasteiger partial charge in [-0.1, -0.05) is 0 Å². The zero-order valence-electron chi connectivity index (χ0n) is 18.9. The van der Waals surface area contributed by atoms with Gasteiger partial charge in [-0.15, -0.1) is 0 Å². The van der Waals surface area contributed by atoms with Gasteiger partial charge in [0.25, 0.3) is 0 Å². The molecule has 0 aromatic heterocycles. The zero-order chi connectivity index (χ0) is 26.4. The van der Waals surface area contributed by atoms with Crippen molar-refractivity contribution in [1.29, 1.82) is 0 Å². The Kier molecular flexibility index (Phi) is 11.6. The maximum absolute atomic E-state index is 13.7. The number of aliphatic hydroxyl groups is 2. The van der Waals surface area contributed by atoms with E-state index in [1.165, 1.54) is 0 Å². The van der Waals surface area contributed by atoms with Gasteiger partial charge in [-0.05, 0) is 0 Å². The molecule has 0 aromatic rings. The van der Waals surface area contributed by atoms with Crippen molar-refractivity contribution in [3.63, 3.8) is 0 Å². The molecule has 0 rings (SSSR count). The van der Waals surface area contributed by atoms with Gasteiger partial charge in [0.2, 0.25) is 0 Å². The van der Waals surface area contributed by atoms with Crippen LogP contribution in [0.15, 0.2) is 0 Å². The van der Waals surface area contributed by atoms with Gasteiger partial charge in [-0.25, -0.2) is 0 Å². The Morgan fingerprint density at radius 2 is 1.06 bits per heavy atom. The minimum absolute atomic E-state index is 0.0688. The number of hydrogen-bond donors (Lipinski definition) is 2. The molecule has 0 aliphatic carbocycles. The molecule has 0 aromatic carbocycles. The second kappa shape index (κ2) is 11.7. The van der Waals surface area contributed by atoms with Crippen molar-refractivity contribution in [2.45, 2.75) is 76.4 Å². The average molecular weight is 558 g/mol. The van der Waals surface area contributed by atoms with Crippen LogP contribution >= 0.6 is 6.75 Å². The first-order chi connectivity index (χ1) is 14.8. The fourth-order valence-corrected chi connectivity index (χ4v) is 19.7. The van der Waals surface area contributed by atoms with Crippen molar-refractivity contribution in [3.8, 4) is 0 Å². The van der Waals surface area contributed by atoms with Crippen LogP contribution < -0.4 is 0 Å². The van der Waals surface area contributed by atoms with E-state index in [0.717, 1.165) is 0 Å². The van der Waals surface area contributed by atoms with Crippen LogP contribution in [0.25, 0.3) is 0 Å². The van der Waals surface area contributed by atoms with Crippen LogP contribution in [0.3, 0.4) is 0 Å². The van der Waals surface area contributed by atoms with Crippen molar-refractivity contribution in [1.82, 2.24) is 3.48 Å². The summed E-state index contributed by atoms with van der Waals surface area (Å²) in [5.74, 6) is 0. The van der Waals surface area contributed by atoms with E-state index in [2.05, 4.69) is 0 Å². The monoisotopic (exact) mass is 557 g/mol. The van der Waals surface area contributed by atoms with Gasteiger partial charge in [0.15, 0.2) is 0 Å². The van der Waals surface area contributed by atoms with E-state index in [1.807, 2.05) is 0 Å². The van der Waals surface area contributed by atoms with E-state index in [0.29, 0.717) is 0 Å². The van der Waals surface area contributed by atoms with Crippen LogP contribution in [-0.2, 0) is 20.0 Å². The summed E-state index contributed by atoms with van der Waals surface area (Å²) in [6.45, 7) is -1.72. The Balaban J connectivity index is 7.95.